The van der Waals surface area contributed by atoms with Gasteiger partial charge in [0.25, 0.3) is 0 Å². The summed E-state index contributed by atoms with van der Waals surface area (Å²) >= 11 is 0. The van der Waals surface area contributed by atoms with Crippen molar-refractivity contribution in [1.29, 1.82) is 0 Å². The number of aromatic nitrogens is 3. The summed E-state index contributed by atoms with van der Waals surface area (Å²) in [7, 11) is 1.67. The van der Waals surface area contributed by atoms with Crippen LogP contribution in [0.5, 0.6) is 0 Å². The third kappa shape index (κ3) is 3.85. The first-order valence-corrected chi connectivity index (χ1v) is 9.11. The Morgan fingerprint density at radius 1 is 1.30 bits per heavy atom. The fourth-order valence-corrected chi connectivity index (χ4v) is 3.67. The standard InChI is InChI=1S/C18H23N5O4/c1-25-10-12-2-3-15(27-12)14-11-26-9-8-23(14)18(24)22-17-16-13(4-5-21-17)19-6-7-20-16/h4-7,12,14-15H,2-3,8-11H2,1H3,(H,21,22,24). The highest BCUT2D eigenvalue weighted by molar-refractivity contribution is 5.96. The Morgan fingerprint density at radius 2 is 2.19 bits per heavy atom. The van der Waals surface area contributed by atoms with E-state index in [0.717, 1.165) is 12.8 Å². The van der Waals surface area contributed by atoms with Crippen LogP contribution in [-0.4, -0.2) is 77.6 Å². The maximum atomic E-state index is 13.0. The van der Waals surface area contributed by atoms with Crippen molar-refractivity contribution in [3.63, 3.8) is 0 Å². The average molecular weight is 373 g/mol. The molecular weight excluding hydrogens is 350 g/mol. The summed E-state index contributed by atoms with van der Waals surface area (Å²) in [6.45, 7) is 2.03. The number of hydrogen-bond donors (Lipinski definition) is 1. The quantitative estimate of drug-likeness (QED) is 0.866. The van der Waals surface area contributed by atoms with Gasteiger partial charge in [0.1, 0.15) is 5.52 Å². The van der Waals surface area contributed by atoms with Gasteiger partial charge in [-0.3, -0.25) is 10.3 Å². The highest BCUT2D eigenvalue weighted by Gasteiger charge is 2.39. The smallest absolute Gasteiger partial charge is 0.323 e. The zero-order valence-electron chi connectivity index (χ0n) is 15.2. The number of carbonyl (C=O) groups excluding carboxylic acids is 1. The van der Waals surface area contributed by atoms with Crippen LogP contribution in [-0.2, 0) is 14.2 Å². The topological polar surface area (TPSA) is 98.7 Å². The number of fused-ring (bicyclic) bond motifs is 1. The number of pyridine rings is 1. The van der Waals surface area contributed by atoms with Gasteiger partial charge >= 0.3 is 6.03 Å². The molecule has 3 unspecified atom stereocenters. The van der Waals surface area contributed by atoms with Gasteiger partial charge < -0.3 is 19.1 Å². The maximum absolute atomic E-state index is 13.0. The molecule has 27 heavy (non-hydrogen) atoms. The van der Waals surface area contributed by atoms with Crippen LogP contribution in [0.15, 0.2) is 24.7 Å². The summed E-state index contributed by atoms with van der Waals surface area (Å²) in [6.07, 6.45) is 6.62. The van der Waals surface area contributed by atoms with E-state index in [4.69, 9.17) is 14.2 Å². The number of ether oxygens (including phenoxy) is 3. The molecule has 9 heteroatoms. The van der Waals surface area contributed by atoms with Crippen LogP contribution in [0, 0.1) is 0 Å². The molecule has 144 valence electrons. The predicted molar refractivity (Wildman–Crippen MR) is 97.4 cm³/mol. The van der Waals surface area contributed by atoms with Gasteiger partial charge in [-0.1, -0.05) is 0 Å². The van der Waals surface area contributed by atoms with Crippen LogP contribution in [0.1, 0.15) is 12.8 Å². The lowest BCUT2D eigenvalue weighted by Gasteiger charge is -2.38. The van der Waals surface area contributed by atoms with E-state index in [1.165, 1.54) is 0 Å². The van der Waals surface area contributed by atoms with Crippen molar-refractivity contribution in [2.24, 2.45) is 0 Å². The Labute approximate surface area is 157 Å². The molecule has 0 saturated carbocycles. The van der Waals surface area contributed by atoms with Crippen molar-refractivity contribution >= 4 is 22.9 Å². The van der Waals surface area contributed by atoms with E-state index in [2.05, 4.69) is 20.3 Å². The van der Waals surface area contributed by atoms with Crippen LogP contribution >= 0.6 is 0 Å². The summed E-state index contributed by atoms with van der Waals surface area (Å²) in [5, 5.41) is 2.88. The molecule has 3 atom stereocenters. The maximum Gasteiger partial charge on any atom is 0.323 e. The zero-order valence-corrected chi connectivity index (χ0v) is 15.2. The van der Waals surface area contributed by atoms with Crippen LogP contribution in [0.3, 0.4) is 0 Å². The highest BCUT2D eigenvalue weighted by Crippen LogP contribution is 2.27. The molecule has 2 amide bonds. The number of carbonyl (C=O) groups is 1. The van der Waals surface area contributed by atoms with Crippen molar-refractivity contribution < 1.29 is 19.0 Å². The minimum Gasteiger partial charge on any atom is -0.382 e. The van der Waals surface area contributed by atoms with Crippen LogP contribution in [0.25, 0.3) is 11.0 Å². The molecule has 2 aliphatic heterocycles. The van der Waals surface area contributed by atoms with Crippen molar-refractivity contribution in [3.8, 4) is 0 Å². The molecule has 1 N–H and O–H groups in total. The average Bonchev–Trinajstić information content (AvgIpc) is 3.17. The number of morpholine rings is 1. The molecule has 0 aromatic carbocycles. The van der Waals surface area contributed by atoms with Crippen LogP contribution in [0.2, 0.25) is 0 Å². The predicted octanol–water partition coefficient (Wildman–Crippen LogP) is 1.45. The molecule has 2 fully saturated rings. The molecule has 0 radical (unpaired) electrons. The minimum atomic E-state index is -0.229. The van der Waals surface area contributed by atoms with E-state index in [1.807, 2.05) is 0 Å². The van der Waals surface area contributed by atoms with Crippen molar-refractivity contribution in [3.05, 3.63) is 24.7 Å². The Bertz CT molecular complexity index is 799. The summed E-state index contributed by atoms with van der Waals surface area (Å²) in [5.41, 5.74) is 1.25. The number of nitrogens with one attached hydrogen (secondary N) is 1. The molecule has 2 aliphatic rings. The molecule has 2 saturated heterocycles. The number of urea groups is 1. The first-order chi connectivity index (χ1) is 13.3. The Kier molecular flexibility index (Phi) is 5.42. The Hall–Kier alpha value is -2.36. The monoisotopic (exact) mass is 373 g/mol. The molecule has 0 bridgehead atoms. The fraction of sp³-hybridized carbons (Fsp3) is 0.556. The number of nitrogens with zero attached hydrogens (tertiary/aromatic N) is 4. The van der Waals surface area contributed by atoms with Gasteiger partial charge in [0.2, 0.25) is 0 Å². The molecule has 2 aromatic rings. The molecule has 2 aromatic heterocycles. The van der Waals surface area contributed by atoms with Crippen molar-refractivity contribution in [2.75, 3.05) is 38.8 Å². The lowest BCUT2D eigenvalue weighted by Crippen LogP contribution is -2.55. The fourth-order valence-electron chi connectivity index (χ4n) is 3.67. The lowest BCUT2D eigenvalue weighted by atomic mass is 10.1. The van der Waals surface area contributed by atoms with E-state index in [0.29, 0.717) is 43.2 Å². The summed E-state index contributed by atoms with van der Waals surface area (Å²) < 4.78 is 16.9. The minimum absolute atomic E-state index is 0.0588. The molecule has 4 rings (SSSR count). The van der Waals surface area contributed by atoms with Gasteiger partial charge in [0.05, 0.1) is 43.6 Å². The number of hydrogen-bond acceptors (Lipinski definition) is 7. The van der Waals surface area contributed by atoms with E-state index in [9.17, 15) is 4.79 Å². The SMILES string of the molecule is COCC1CCC(C2COCCN2C(=O)Nc2nccc3nccnc23)O1. The van der Waals surface area contributed by atoms with Gasteiger partial charge in [-0.05, 0) is 18.9 Å². The third-order valence-corrected chi connectivity index (χ3v) is 4.96. The van der Waals surface area contributed by atoms with E-state index < -0.39 is 0 Å². The summed E-state index contributed by atoms with van der Waals surface area (Å²) in [6, 6.07) is 1.40. The Morgan fingerprint density at radius 3 is 3.07 bits per heavy atom. The van der Waals surface area contributed by atoms with Gasteiger partial charge in [-0.2, -0.15) is 0 Å². The molecule has 0 aliphatic carbocycles. The van der Waals surface area contributed by atoms with Crippen molar-refractivity contribution in [1.82, 2.24) is 19.9 Å². The Balaban J connectivity index is 1.49. The highest BCUT2D eigenvalue weighted by atomic mass is 16.5. The summed E-state index contributed by atoms with van der Waals surface area (Å²) in [4.78, 5) is 27.5. The normalized spacial score (nSPS) is 25.7. The van der Waals surface area contributed by atoms with E-state index in [-0.39, 0.29) is 24.3 Å². The van der Waals surface area contributed by atoms with E-state index in [1.54, 1.807) is 36.7 Å². The van der Waals surface area contributed by atoms with Crippen LogP contribution in [0.4, 0.5) is 10.6 Å². The van der Waals surface area contributed by atoms with E-state index >= 15 is 0 Å². The first-order valence-electron chi connectivity index (χ1n) is 9.11. The lowest BCUT2D eigenvalue weighted by molar-refractivity contribution is -0.0732. The van der Waals surface area contributed by atoms with Gasteiger partial charge in [0, 0.05) is 32.2 Å². The molecular formula is C18H23N5O4. The number of methoxy groups -OCH3 is 1. The zero-order chi connectivity index (χ0) is 18.6. The second-order valence-electron chi connectivity index (χ2n) is 6.68. The van der Waals surface area contributed by atoms with Crippen LogP contribution < -0.4 is 5.32 Å². The van der Waals surface area contributed by atoms with Gasteiger partial charge in [0.15, 0.2) is 5.82 Å². The largest absolute Gasteiger partial charge is 0.382 e. The van der Waals surface area contributed by atoms with Gasteiger partial charge in [-0.25, -0.2) is 14.8 Å². The molecule has 9 nitrogen and oxygen atoms in total. The number of anilines is 1. The second-order valence-corrected chi connectivity index (χ2v) is 6.68. The molecule has 0 spiro atoms. The molecule has 4 heterocycles. The number of rotatable bonds is 4. The number of amides is 2. The van der Waals surface area contributed by atoms with Gasteiger partial charge in [-0.15, -0.1) is 0 Å². The third-order valence-electron chi connectivity index (χ3n) is 4.96. The second kappa shape index (κ2) is 8.12. The summed E-state index contributed by atoms with van der Waals surface area (Å²) in [5.74, 6) is 0.403. The first kappa shape index (κ1) is 18.0. The van der Waals surface area contributed by atoms with Crippen molar-refractivity contribution in [2.45, 2.75) is 31.1 Å².